The molecule has 1 aliphatic rings. The van der Waals surface area contributed by atoms with Gasteiger partial charge in [-0.1, -0.05) is 12.1 Å². The monoisotopic (exact) mass is 338 g/mol. The van der Waals surface area contributed by atoms with Crippen LogP contribution >= 0.6 is 0 Å². The molecule has 0 aliphatic heterocycles. The van der Waals surface area contributed by atoms with Crippen LogP contribution in [0.4, 0.5) is 0 Å². The largest absolute Gasteiger partial charge is 0.508 e. The summed E-state index contributed by atoms with van der Waals surface area (Å²) in [4.78, 5) is 23.2. The highest BCUT2D eigenvalue weighted by Crippen LogP contribution is 2.29. The molecule has 2 aromatic carbocycles. The number of aryl methyl sites for hydroxylation is 1. The van der Waals surface area contributed by atoms with Crippen molar-refractivity contribution >= 4 is 17.8 Å². The zero-order chi connectivity index (χ0) is 17.8. The lowest BCUT2D eigenvalue weighted by Gasteiger charge is -2.17. The number of fused-ring (bicyclic) bond motifs is 1. The first-order valence-corrected chi connectivity index (χ1v) is 8.05. The van der Waals surface area contributed by atoms with Crippen LogP contribution in [0.3, 0.4) is 0 Å². The molecule has 0 saturated carbocycles. The van der Waals surface area contributed by atoms with Gasteiger partial charge in [0.25, 0.3) is 0 Å². The van der Waals surface area contributed by atoms with E-state index < -0.39 is 5.97 Å². The highest BCUT2D eigenvalue weighted by Gasteiger charge is 2.22. The maximum Gasteiger partial charge on any atom is 0.306 e. The van der Waals surface area contributed by atoms with Crippen molar-refractivity contribution < 1.29 is 24.5 Å². The first-order valence-electron chi connectivity index (χ1n) is 8.05. The lowest BCUT2D eigenvalue weighted by Crippen LogP contribution is -2.13. The molecule has 0 saturated heterocycles. The summed E-state index contributed by atoms with van der Waals surface area (Å²) in [6.07, 6.45) is 3.09. The summed E-state index contributed by atoms with van der Waals surface area (Å²) in [7, 11) is 0. The summed E-state index contributed by atoms with van der Waals surface area (Å²) in [5.74, 6) is -0.191. The van der Waals surface area contributed by atoms with E-state index in [9.17, 15) is 14.7 Å². The number of ketones is 1. The van der Waals surface area contributed by atoms with Gasteiger partial charge < -0.3 is 14.9 Å². The number of aliphatic carboxylic acids is 1. The predicted molar refractivity (Wildman–Crippen MR) is 92.9 cm³/mol. The third kappa shape index (κ3) is 4.07. The minimum absolute atomic E-state index is 0.0292. The fourth-order valence-corrected chi connectivity index (χ4v) is 2.85. The molecular formula is C20H18O5. The Morgan fingerprint density at radius 2 is 2.00 bits per heavy atom. The molecule has 5 heteroatoms. The summed E-state index contributed by atoms with van der Waals surface area (Å²) in [6.45, 7) is 0.102. The van der Waals surface area contributed by atoms with E-state index in [4.69, 9.17) is 9.84 Å². The Balaban J connectivity index is 1.78. The number of benzene rings is 2. The van der Waals surface area contributed by atoms with Crippen LogP contribution in [0.1, 0.15) is 34.3 Å². The van der Waals surface area contributed by atoms with Crippen LogP contribution in [0.5, 0.6) is 11.5 Å². The van der Waals surface area contributed by atoms with Crippen LogP contribution in [-0.2, 0) is 11.2 Å². The molecule has 128 valence electrons. The zero-order valence-electron chi connectivity index (χ0n) is 13.6. The van der Waals surface area contributed by atoms with Gasteiger partial charge in [0.1, 0.15) is 11.5 Å². The molecule has 2 aromatic rings. The number of phenolic OH excluding ortho intramolecular Hbond substituents is 1. The number of ether oxygens (including phenoxy) is 1. The lowest BCUT2D eigenvalue weighted by molar-refractivity contribution is -0.137. The van der Waals surface area contributed by atoms with E-state index in [1.807, 2.05) is 18.2 Å². The van der Waals surface area contributed by atoms with Crippen molar-refractivity contribution in [2.75, 3.05) is 6.61 Å². The van der Waals surface area contributed by atoms with E-state index in [1.54, 1.807) is 24.3 Å². The van der Waals surface area contributed by atoms with Gasteiger partial charge in [0, 0.05) is 11.1 Å². The second kappa shape index (κ2) is 7.21. The Hall–Kier alpha value is -3.08. The van der Waals surface area contributed by atoms with Gasteiger partial charge in [-0.15, -0.1) is 0 Å². The van der Waals surface area contributed by atoms with Crippen molar-refractivity contribution in [1.29, 1.82) is 0 Å². The van der Waals surface area contributed by atoms with E-state index in [-0.39, 0.29) is 24.6 Å². The zero-order valence-corrected chi connectivity index (χ0v) is 13.6. The quantitative estimate of drug-likeness (QED) is 0.816. The number of hydrogen-bond donors (Lipinski definition) is 2. The molecule has 0 spiro atoms. The lowest BCUT2D eigenvalue weighted by atomic mass is 9.86. The first-order chi connectivity index (χ1) is 12.0. The number of carboxylic acids is 1. The Morgan fingerprint density at radius 3 is 2.80 bits per heavy atom. The molecule has 1 aliphatic carbocycles. The molecule has 2 N–H and O–H groups in total. The Bertz CT molecular complexity index is 851. The second-order valence-electron chi connectivity index (χ2n) is 5.90. The molecular weight excluding hydrogens is 320 g/mol. The van der Waals surface area contributed by atoms with Crippen LogP contribution < -0.4 is 4.74 Å². The summed E-state index contributed by atoms with van der Waals surface area (Å²) >= 11 is 0. The fraction of sp³-hybridized carbons (Fsp3) is 0.200. The van der Waals surface area contributed by atoms with Gasteiger partial charge in [-0.3, -0.25) is 9.59 Å². The second-order valence-corrected chi connectivity index (χ2v) is 5.90. The Labute approximate surface area is 145 Å². The molecule has 0 aromatic heterocycles. The minimum atomic E-state index is -0.907. The van der Waals surface area contributed by atoms with Crippen molar-refractivity contribution in [3.63, 3.8) is 0 Å². The van der Waals surface area contributed by atoms with Gasteiger partial charge in [-0.25, -0.2) is 0 Å². The van der Waals surface area contributed by atoms with Crippen molar-refractivity contribution in [1.82, 2.24) is 0 Å². The van der Waals surface area contributed by atoms with Crippen molar-refractivity contribution in [3.8, 4) is 11.5 Å². The topological polar surface area (TPSA) is 83.8 Å². The van der Waals surface area contributed by atoms with Gasteiger partial charge in [-0.2, -0.15) is 0 Å². The van der Waals surface area contributed by atoms with Crippen molar-refractivity contribution in [3.05, 3.63) is 64.7 Å². The van der Waals surface area contributed by atoms with E-state index in [2.05, 4.69) is 0 Å². The third-order valence-electron chi connectivity index (χ3n) is 4.07. The Kier molecular flexibility index (Phi) is 4.84. The number of rotatable bonds is 5. The first kappa shape index (κ1) is 16.8. The van der Waals surface area contributed by atoms with Gasteiger partial charge in [0.05, 0.1) is 13.0 Å². The highest BCUT2D eigenvalue weighted by molar-refractivity contribution is 6.13. The summed E-state index contributed by atoms with van der Waals surface area (Å²) in [5.41, 5.74) is 3.04. The molecule has 0 unspecified atom stereocenters. The smallest absolute Gasteiger partial charge is 0.306 e. The van der Waals surface area contributed by atoms with E-state index in [0.717, 1.165) is 11.1 Å². The normalized spacial score (nSPS) is 15.0. The fourth-order valence-electron chi connectivity index (χ4n) is 2.85. The van der Waals surface area contributed by atoms with Crippen LogP contribution in [0.2, 0.25) is 0 Å². The van der Waals surface area contributed by atoms with E-state index in [0.29, 0.717) is 29.7 Å². The molecule has 0 atom stereocenters. The molecule has 0 amide bonds. The number of carbonyl (C=O) groups excluding carboxylic acids is 1. The number of carboxylic acid groups (broad SMARTS) is 1. The Morgan fingerprint density at radius 1 is 1.16 bits per heavy atom. The standard InChI is InChI=1S/C20H18O5/c21-16-6-7-18-14(12-16)4-5-15(20(18)24)10-13-2-1-3-17(11-13)25-9-8-19(22)23/h1-3,6-7,10-12,21H,4-5,8-9H2,(H,22,23)/b15-10-. The summed E-state index contributed by atoms with van der Waals surface area (Å²) < 4.78 is 5.42. The van der Waals surface area contributed by atoms with Crippen molar-refractivity contribution in [2.24, 2.45) is 0 Å². The third-order valence-corrected chi connectivity index (χ3v) is 4.07. The minimum Gasteiger partial charge on any atom is -0.508 e. The molecule has 25 heavy (non-hydrogen) atoms. The SMILES string of the molecule is O=C(O)CCOc1cccc(/C=C2/CCc3cc(O)ccc3C2=O)c1. The summed E-state index contributed by atoms with van der Waals surface area (Å²) in [5, 5.41) is 18.2. The number of Topliss-reactive ketones (excluding diaryl/α,β-unsaturated/α-hetero) is 1. The molecule has 0 bridgehead atoms. The molecule has 0 heterocycles. The average Bonchev–Trinajstić information content (AvgIpc) is 2.57. The molecule has 5 nitrogen and oxygen atoms in total. The number of hydrogen-bond acceptors (Lipinski definition) is 4. The molecule has 0 fully saturated rings. The average molecular weight is 338 g/mol. The van der Waals surface area contributed by atoms with Gasteiger partial charge in [0.2, 0.25) is 0 Å². The number of carbonyl (C=O) groups is 2. The van der Waals surface area contributed by atoms with Crippen molar-refractivity contribution in [2.45, 2.75) is 19.3 Å². The van der Waals surface area contributed by atoms with Gasteiger partial charge in [-0.05, 0) is 60.4 Å². The van der Waals surface area contributed by atoms with Crippen LogP contribution in [0.25, 0.3) is 6.08 Å². The van der Waals surface area contributed by atoms with E-state index >= 15 is 0 Å². The molecule has 0 radical (unpaired) electrons. The van der Waals surface area contributed by atoms with Crippen LogP contribution in [-0.4, -0.2) is 28.6 Å². The maximum absolute atomic E-state index is 12.6. The van der Waals surface area contributed by atoms with Gasteiger partial charge >= 0.3 is 5.97 Å². The highest BCUT2D eigenvalue weighted by atomic mass is 16.5. The van der Waals surface area contributed by atoms with E-state index in [1.165, 1.54) is 6.07 Å². The number of phenols is 1. The maximum atomic E-state index is 12.6. The van der Waals surface area contributed by atoms with Crippen LogP contribution in [0, 0.1) is 0 Å². The molecule has 3 rings (SSSR count). The number of allylic oxidation sites excluding steroid dienone is 1. The summed E-state index contributed by atoms with van der Waals surface area (Å²) in [6, 6.07) is 12.0. The van der Waals surface area contributed by atoms with Crippen LogP contribution in [0.15, 0.2) is 48.0 Å². The van der Waals surface area contributed by atoms with Gasteiger partial charge in [0.15, 0.2) is 5.78 Å². The number of aromatic hydroxyl groups is 1. The predicted octanol–water partition coefficient (Wildman–Crippen LogP) is 3.46.